The molecule has 0 fully saturated rings. The lowest BCUT2D eigenvalue weighted by molar-refractivity contribution is 0.255. The number of nitrogen functional groups attached to an aromatic ring is 1. The van der Waals surface area contributed by atoms with Crippen molar-refractivity contribution in [1.82, 2.24) is 4.98 Å². The number of nitrogens with zero attached hydrogens (tertiary/aromatic N) is 1. The highest BCUT2D eigenvalue weighted by Crippen LogP contribution is 2.17. The molecular formula is C13H23N3O. The predicted molar refractivity (Wildman–Crippen MR) is 72.0 cm³/mol. The Bertz CT molecular complexity index is 335. The molecule has 0 saturated heterocycles. The first-order valence-corrected chi connectivity index (χ1v) is 6.25. The zero-order valence-corrected chi connectivity index (χ0v) is 10.7. The van der Waals surface area contributed by atoms with Crippen LogP contribution in [0.5, 0.6) is 0 Å². The Morgan fingerprint density at radius 1 is 1.41 bits per heavy atom. The largest absolute Gasteiger partial charge is 0.396 e. The summed E-state index contributed by atoms with van der Waals surface area (Å²) in [5, 5.41) is 12.3. The molecule has 1 rings (SSSR count). The minimum atomic E-state index is 0.239. The molecule has 0 aliphatic rings. The van der Waals surface area contributed by atoms with Crippen molar-refractivity contribution in [2.45, 2.75) is 33.1 Å². The highest BCUT2D eigenvalue weighted by molar-refractivity contribution is 5.61. The van der Waals surface area contributed by atoms with Crippen molar-refractivity contribution >= 4 is 11.5 Å². The SMILES string of the molecule is CCCC(CCO)CNc1nc(C)ccc1N. The number of hydrogen-bond acceptors (Lipinski definition) is 4. The third-order valence-corrected chi connectivity index (χ3v) is 2.86. The molecular weight excluding hydrogens is 214 g/mol. The molecule has 0 bridgehead atoms. The fourth-order valence-corrected chi connectivity index (χ4v) is 1.89. The van der Waals surface area contributed by atoms with Crippen molar-refractivity contribution in [2.24, 2.45) is 5.92 Å². The molecule has 4 N–H and O–H groups in total. The lowest BCUT2D eigenvalue weighted by Crippen LogP contribution is -2.17. The number of nitrogens with one attached hydrogen (secondary N) is 1. The van der Waals surface area contributed by atoms with Crippen molar-refractivity contribution in [3.63, 3.8) is 0 Å². The fraction of sp³-hybridized carbons (Fsp3) is 0.615. The number of aryl methyl sites for hydroxylation is 1. The predicted octanol–water partition coefficient (Wildman–Crippen LogP) is 2.18. The summed E-state index contributed by atoms with van der Waals surface area (Å²) in [5.41, 5.74) is 7.48. The standard InChI is InChI=1S/C13H23N3O/c1-3-4-11(7-8-17)9-15-13-12(14)6-5-10(2)16-13/h5-6,11,17H,3-4,7-9,14H2,1-2H3,(H,15,16). The number of aliphatic hydroxyl groups is 1. The smallest absolute Gasteiger partial charge is 0.149 e. The van der Waals surface area contributed by atoms with Crippen LogP contribution in [0.4, 0.5) is 11.5 Å². The van der Waals surface area contributed by atoms with Gasteiger partial charge in [-0.1, -0.05) is 13.3 Å². The van der Waals surface area contributed by atoms with Crippen LogP contribution in [-0.4, -0.2) is 23.2 Å². The number of aromatic nitrogens is 1. The van der Waals surface area contributed by atoms with Gasteiger partial charge in [-0.15, -0.1) is 0 Å². The first-order valence-electron chi connectivity index (χ1n) is 6.25. The molecule has 1 heterocycles. The highest BCUT2D eigenvalue weighted by Gasteiger charge is 2.08. The molecule has 96 valence electrons. The van der Waals surface area contributed by atoms with E-state index >= 15 is 0 Å². The van der Waals surface area contributed by atoms with Crippen LogP contribution < -0.4 is 11.1 Å². The monoisotopic (exact) mass is 237 g/mol. The molecule has 0 aliphatic heterocycles. The van der Waals surface area contributed by atoms with Crippen molar-refractivity contribution in [3.8, 4) is 0 Å². The van der Waals surface area contributed by atoms with Gasteiger partial charge in [0, 0.05) is 18.8 Å². The number of aliphatic hydroxyl groups excluding tert-OH is 1. The molecule has 0 saturated carbocycles. The first-order chi connectivity index (χ1) is 8.17. The van der Waals surface area contributed by atoms with Crippen LogP contribution >= 0.6 is 0 Å². The highest BCUT2D eigenvalue weighted by atomic mass is 16.3. The maximum Gasteiger partial charge on any atom is 0.149 e. The number of pyridine rings is 1. The Labute approximate surface area is 103 Å². The van der Waals surface area contributed by atoms with E-state index in [9.17, 15) is 0 Å². The van der Waals surface area contributed by atoms with Crippen molar-refractivity contribution < 1.29 is 5.11 Å². The normalized spacial score (nSPS) is 12.4. The Balaban J connectivity index is 2.55. The topological polar surface area (TPSA) is 71.2 Å². The molecule has 0 spiro atoms. The second kappa shape index (κ2) is 7.12. The van der Waals surface area contributed by atoms with Crippen LogP contribution in [0.1, 0.15) is 31.9 Å². The summed E-state index contributed by atoms with van der Waals surface area (Å²) in [5.74, 6) is 1.23. The summed E-state index contributed by atoms with van der Waals surface area (Å²) in [6.07, 6.45) is 3.06. The third-order valence-electron chi connectivity index (χ3n) is 2.86. The molecule has 0 amide bonds. The zero-order valence-electron chi connectivity index (χ0n) is 10.7. The van der Waals surface area contributed by atoms with E-state index in [-0.39, 0.29) is 6.61 Å². The summed E-state index contributed by atoms with van der Waals surface area (Å²) in [7, 11) is 0. The molecule has 0 aromatic carbocycles. The van der Waals surface area contributed by atoms with Crippen LogP contribution in [-0.2, 0) is 0 Å². The number of nitrogens with two attached hydrogens (primary N) is 1. The maximum atomic E-state index is 8.99. The van der Waals surface area contributed by atoms with Gasteiger partial charge in [-0.3, -0.25) is 0 Å². The van der Waals surface area contributed by atoms with Gasteiger partial charge in [0.15, 0.2) is 0 Å². The lowest BCUT2D eigenvalue weighted by atomic mass is 10.0. The van der Waals surface area contributed by atoms with Gasteiger partial charge in [-0.05, 0) is 37.8 Å². The van der Waals surface area contributed by atoms with Gasteiger partial charge in [-0.2, -0.15) is 0 Å². The van der Waals surface area contributed by atoms with Crippen molar-refractivity contribution in [1.29, 1.82) is 0 Å². The van der Waals surface area contributed by atoms with Crippen molar-refractivity contribution in [2.75, 3.05) is 24.2 Å². The van der Waals surface area contributed by atoms with Gasteiger partial charge in [-0.25, -0.2) is 4.98 Å². The van der Waals surface area contributed by atoms with Gasteiger partial charge in [0.05, 0.1) is 5.69 Å². The van der Waals surface area contributed by atoms with Gasteiger partial charge < -0.3 is 16.2 Å². The minimum absolute atomic E-state index is 0.239. The summed E-state index contributed by atoms with van der Waals surface area (Å²) in [6, 6.07) is 3.77. The number of hydrogen-bond donors (Lipinski definition) is 3. The minimum Gasteiger partial charge on any atom is -0.396 e. The van der Waals surface area contributed by atoms with E-state index in [1.807, 2.05) is 19.1 Å². The molecule has 17 heavy (non-hydrogen) atoms. The lowest BCUT2D eigenvalue weighted by Gasteiger charge is -2.17. The Morgan fingerprint density at radius 3 is 2.82 bits per heavy atom. The summed E-state index contributed by atoms with van der Waals surface area (Å²) < 4.78 is 0. The molecule has 1 unspecified atom stereocenters. The van der Waals surface area contributed by atoms with Crippen molar-refractivity contribution in [3.05, 3.63) is 17.8 Å². The second-order valence-corrected chi connectivity index (χ2v) is 4.44. The van der Waals surface area contributed by atoms with Crippen LogP contribution in [0.25, 0.3) is 0 Å². The van der Waals surface area contributed by atoms with Crippen LogP contribution in [0.15, 0.2) is 12.1 Å². The Morgan fingerprint density at radius 2 is 2.18 bits per heavy atom. The van der Waals surface area contributed by atoms with E-state index in [1.54, 1.807) is 0 Å². The van der Waals surface area contributed by atoms with Gasteiger partial charge in [0.25, 0.3) is 0 Å². The van der Waals surface area contributed by atoms with E-state index < -0.39 is 0 Å². The van der Waals surface area contributed by atoms with Crippen LogP contribution in [0.2, 0.25) is 0 Å². The summed E-state index contributed by atoms with van der Waals surface area (Å²) in [6.45, 7) is 5.16. The van der Waals surface area contributed by atoms with Gasteiger partial charge in [0.2, 0.25) is 0 Å². The average Bonchev–Trinajstić information content (AvgIpc) is 2.30. The molecule has 4 nitrogen and oxygen atoms in total. The molecule has 1 aromatic heterocycles. The molecule has 4 heteroatoms. The maximum absolute atomic E-state index is 8.99. The third kappa shape index (κ3) is 4.61. The van der Waals surface area contributed by atoms with E-state index in [4.69, 9.17) is 10.8 Å². The van der Waals surface area contributed by atoms with E-state index in [1.165, 1.54) is 0 Å². The Hall–Kier alpha value is -1.29. The van der Waals surface area contributed by atoms with Gasteiger partial charge >= 0.3 is 0 Å². The van der Waals surface area contributed by atoms with Crippen LogP contribution in [0.3, 0.4) is 0 Å². The van der Waals surface area contributed by atoms with E-state index in [0.717, 1.165) is 37.3 Å². The van der Waals surface area contributed by atoms with E-state index in [2.05, 4.69) is 17.2 Å². The summed E-state index contributed by atoms with van der Waals surface area (Å²) >= 11 is 0. The number of rotatable bonds is 7. The quantitative estimate of drug-likeness (QED) is 0.679. The van der Waals surface area contributed by atoms with E-state index in [0.29, 0.717) is 11.6 Å². The fourth-order valence-electron chi connectivity index (χ4n) is 1.89. The second-order valence-electron chi connectivity index (χ2n) is 4.44. The average molecular weight is 237 g/mol. The summed E-state index contributed by atoms with van der Waals surface area (Å²) in [4.78, 5) is 4.37. The van der Waals surface area contributed by atoms with Crippen LogP contribution in [0, 0.1) is 12.8 Å². The zero-order chi connectivity index (χ0) is 12.7. The number of anilines is 2. The first kappa shape index (κ1) is 13.8. The molecule has 1 aromatic rings. The Kier molecular flexibility index (Phi) is 5.77. The molecule has 0 aliphatic carbocycles. The molecule has 1 atom stereocenters. The van der Waals surface area contributed by atoms with Gasteiger partial charge in [0.1, 0.15) is 5.82 Å². The molecule has 0 radical (unpaired) electrons.